The van der Waals surface area contributed by atoms with Gasteiger partial charge in [-0.25, -0.2) is 0 Å². The summed E-state index contributed by atoms with van der Waals surface area (Å²) in [6, 6.07) is -2.84. The number of likely N-dealkylation sites (tertiary alicyclic amines) is 1. The number of carbonyl (C=O) groups is 11. The molecule has 13 N–H and O–H groups in total. The maximum Gasteiger partial charge on any atom is 0.246 e. The normalized spacial score (nSPS) is 23.2. The molecule has 1 aromatic rings. The number of rotatable bonds is 19. The van der Waals surface area contributed by atoms with E-state index in [0.717, 1.165) is 21.6 Å². The fraction of sp³-hybridized carbons (Fsp3) is 0.622. The molecule has 24 nitrogen and oxygen atoms in total. The topological polar surface area (TPSA) is 369 Å². The summed E-state index contributed by atoms with van der Waals surface area (Å²) < 4.78 is 5.54. The smallest absolute Gasteiger partial charge is 0.246 e. The molecule has 0 aromatic heterocycles. The number of ether oxygens (including phenoxy) is 1. The van der Waals surface area contributed by atoms with Gasteiger partial charge in [0.2, 0.25) is 65.0 Å². The summed E-state index contributed by atoms with van der Waals surface area (Å²) in [5, 5.41) is 31.2. The molecule has 3 rings (SSSR count). The number of benzene rings is 1. The van der Waals surface area contributed by atoms with Crippen LogP contribution in [0.25, 0.3) is 0 Å². The number of hydrogen-bond donors (Lipinski definition) is 11. The first-order chi connectivity index (χ1) is 33.6. The van der Waals surface area contributed by atoms with Crippen LogP contribution >= 0.6 is 21.6 Å². The van der Waals surface area contributed by atoms with E-state index < -0.39 is 126 Å². The van der Waals surface area contributed by atoms with Crippen molar-refractivity contribution in [1.29, 1.82) is 0 Å². The molecule has 394 valence electrons. The second-order valence-corrected chi connectivity index (χ2v) is 19.8. The van der Waals surface area contributed by atoms with Crippen molar-refractivity contribution in [2.45, 2.75) is 134 Å². The van der Waals surface area contributed by atoms with Gasteiger partial charge in [-0.3, -0.25) is 52.7 Å². The van der Waals surface area contributed by atoms with Crippen LogP contribution in [-0.4, -0.2) is 161 Å². The van der Waals surface area contributed by atoms with E-state index in [2.05, 4.69) is 42.5 Å². The van der Waals surface area contributed by atoms with E-state index in [9.17, 15) is 57.8 Å². The Kier molecular flexibility index (Phi) is 24.9. The molecule has 0 aliphatic carbocycles. The molecule has 2 saturated heterocycles. The molecule has 1 aromatic carbocycles. The van der Waals surface area contributed by atoms with Crippen LogP contribution in [0.5, 0.6) is 5.75 Å². The number of hydrogen-bond acceptors (Lipinski definition) is 15. The van der Waals surface area contributed by atoms with Gasteiger partial charge in [0.15, 0.2) is 0 Å². The summed E-state index contributed by atoms with van der Waals surface area (Å²) in [4.78, 5) is 147. The minimum Gasteiger partial charge on any atom is -0.494 e. The van der Waals surface area contributed by atoms with Crippen LogP contribution in [0.3, 0.4) is 0 Å². The van der Waals surface area contributed by atoms with Crippen molar-refractivity contribution in [1.82, 2.24) is 47.4 Å². The van der Waals surface area contributed by atoms with E-state index in [-0.39, 0.29) is 62.6 Å². The minimum atomic E-state index is -1.75. The summed E-state index contributed by atoms with van der Waals surface area (Å²) >= 11 is 0. The van der Waals surface area contributed by atoms with E-state index in [4.69, 9.17) is 16.2 Å². The summed E-state index contributed by atoms with van der Waals surface area (Å²) in [7, 11) is 2.24. The standard InChI is InChI=1S/C45H69N11O13S2/c1-6-24(3)37-43(66)55-38(25(4)57)44(67)52-31(21-34(46)59)40(63)53-32(23-71-70-19-16-36(61)50-30(41(64)54-37)20-27-12-14-28(15-13-27)69-7-2)45(68)56-18-9-11-33(56)42(65)51-29(10-8-17-48-26(5)58)39(62)49-22-35(47)60/h12-15,24-25,29-33,37-38,57H,6-11,16-23H2,1-5H3,(H2,46,59)(H2,47,60)(H,48,58)(H,49,62)(H,50,61)(H,51,65)(H,52,67)(H,53,63)(H,54,64)(H,55,66)/t24-,25+,29-,30+,31-,32-,33-,37-,38-/m0/s1. The summed E-state index contributed by atoms with van der Waals surface area (Å²) in [6.45, 7) is 7.92. The second-order valence-electron chi connectivity index (χ2n) is 17.2. The lowest BCUT2D eigenvalue weighted by molar-refractivity contribution is -0.142. The minimum absolute atomic E-state index is 0.0153. The molecule has 2 aliphatic heterocycles. The quantitative estimate of drug-likeness (QED) is 0.0490. The van der Waals surface area contributed by atoms with Crippen LogP contribution in [0.15, 0.2) is 24.3 Å². The average molecular weight is 1040 g/mol. The maximum absolute atomic E-state index is 14.5. The Hall–Kier alpha value is -6.15. The Morgan fingerprint density at radius 3 is 2.13 bits per heavy atom. The van der Waals surface area contributed by atoms with Crippen molar-refractivity contribution in [2.75, 3.05) is 37.7 Å². The summed E-state index contributed by atoms with van der Waals surface area (Å²) in [5.41, 5.74) is 11.4. The van der Waals surface area contributed by atoms with Crippen LogP contribution < -0.4 is 58.7 Å². The zero-order valence-electron chi connectivity index (χ0n) is 40.7. The molecule has 71 heavy (non-hydrogen) atoms. The largest absolute Gasteiger partial charge is 0.494 e. The molecule has 0 saturated carbocycles. The van der Waals surface area contributed by atoms with Gasteiger partial charge >= 0.3 is 0 Å². The van der Waals surface area contributed by atoms with Crippen LogP contribution in [0.4, 0.5) is 0 Å². The van der Waals surface area contributed by atoms with Crippen molar-refractivity contribution in [2.24, 2.45) is 17.4 Å². The van der Waals surface area contributed by atoms with Gasteiger partial charge in [-0.1, -0.05) is 54.0 Å². The number of primary amides is 2. The number of aliphatic hydroxyl groups excluding tert-OH is 1. The molecular weight excluding hydrogens is 967 g/mol. The first-order valence-corrected chi connectivity index (χ1v) is 26.0. The first kappa shape index (κ1) is 59.2. The lowest BCUT2D eigenvalue weighted by Crippen LogP contribution is -2.63. The number of nitrogens with zero attached hydrogens (tertiary/aromatic N) is 1. The molecule has 2 fully saturated rings. The van der Waals surface area contributed by atoms with Gasteiger partial charge in [-0.05, 0) is 63.1 Å². The first-order valence-electron chi connectivity index (χ1n) is 23.5. The zero-order chi connectivity index (χ0) is 52.8. The molecule has 0 bridgehead atoms. The maximum atomic E-state index is 14.5. The molecule has 26 heteroatoms. The van der Waals surface area contributed by atoms with Gasteiger partial charge in [0.1, 0.15) is 48.0 Å². The summed E-state index contributed by atoms with van der Waals surface area (Å²) in [6.07, 6.45) is -1.34. The molecule has 11 amide bonds. The van der Waals surface area contributed by atoms with Crippen molar-refractivity contribution < 1.29 is 62.6 Å². The number of nitrogens with two attached hydrogens (primary N) is 2. The molecular formula is C45H69N11O13S2. The Balaban J connectivity index is 1.98. The van der Waals surface area contributed by atoms with Gasteiger partial charge in [-0.15, -0.1) is 0 Å². The number of nitrogens with one attached hydrogen (secondary N) is 8. The van der Waals surface area contributed by atoms with Crippen LogP contribution in [0.2, 0.25) is 0 Å². The van der Waals surface area contributed by atoms with Gasteiger partial charge in [0.25, 0.3) is 0 Å². The van der Waals surface area contributed by atoms with Crippen molar-refractivity contribution in [3.8, 4) is 5.75 Å². The highest BCUT2D eigenvalue weighted by molar-refractivity contribution is 8.76. The SMILES string of the molecule is CCOc1ccc(C[C@H]2NC(=O)CCSSC[C@@H](C(=O)N3CCC[C@H]3C(=O)N[C@@H](CCCNC(C)=O)C(=O)NCC(N)=O)NC(=O)[C@H](CC(N)=O)NC(=O)[C@H]([C@@H](C)O)NC(=O)[C@H]([C@@H](C)CC)NC2=O)cc1. The Bertz CT molecular complexity index is 2070. The van der Waals surface area contributed by atoms with Crippen molar-refractivity contribution in [3.05, 3.63) is 29.8 Å². The fourth-order valence-electron chi connectivity index (χ4n) is 7.54. The molecule has 2 aliphatic rings. The van der Waals surface area contributed by atoms with Crippen molar-refractivity contribution >= 4 is 86.6 Å². The van der Waals surface area contributed by atoms with Gasteiger partial charge in [0, 0.05) is 44.4 Å². The van der Waals surface area contributed by atoms with E-state index in [1.165, 1.54) is 18.7 Å². The van der Waals surface area contributed by atoms with Crippen molar-refractivity contribution in [3.63, 3.8) is 0 Å². The van der Waals surface area contributed by atoms with Gasteiger partial charge in [-0.2, -0.15) is 0 Å². The molecule has 2 heterocycles. The highest BCUT2D eigenvalue weighted by Gasteiger charge is 2.41. The number of carbonyl (C=O) groups excluding carboxylic acids is 11. The van der Waals surface area contributed by atoms with Gasteiger partial charge in [0.05, 0.1) is 25.7 Å². The Labute approximate surface area is 420 Å². The summed E-state index contributed by atoms with van der Waals surface area (Å²) in [5.74, 6) is -8.63. The number of amides is 11. The predicted octanol–water partition coefficient (Wildman–Crippen LogP) is -2.87. The highest BCUT2D eigenvalue weighted by atomic mass is 33.1. The molecule has 9 atom stereocenters. The molecule has 0 unspecified atom stereocenters. The third-order valence-corrected chi connectivity index (χ3v) is 13.9. The average Bonchev–Trinajstić information content (AvgIpc) is 3.81. The monoisotopic (exact) mass is 1040 g/mol. The van der Waals surface area contributed by atoms with Crippen LogP contribution in [-0.2, 0) is 59.2 Å². The third-order valence-electron chi connectivity index (χ3n) is 11.5. The fourth-order valence-corrected chi connectivity index (χ4v) is 9.69. The highest BCUT2D eigenvalue weighted by Crippen LogP contribution is 2.26. The lowest BCUT2D eigenvalue weighted by atomic mass is 9.96. The number of aliphatic hydroxyl groups is 1. The second kappa shape index (κ2) is 29.9. The predicted molar refractivity (Wildman–Crippen MR) is 262 cm³/mol. The zero-order valence-corrected chi connectivity index (χ0v) is 42.3. The third kappa shape index (κ3) is 19.9. The molecule has 0 spiro atoms. The van der Waals surface area contributed by atoms with Crippen LogP contribution in [0, 0.1) is 5.92 Å². The Morgan fingerprint density at radius 1 is 0.845 bits per heavy atom. The van der Waals surface area contributed by atoms with E-state index in [1.54, 1.807) is 38.1 Å². The van der Waals surface area contributed by atoms with Crippen LogP contribution in [0.1, 0.15) is 85.1 Å². The Morgan fingerprint density at radius 2 is 1.51 bits per heavy atom. The molecule has 0 radical (unpaired) electrons. The van der Waals surface area contributed by atoms with E-state index in [1.807, 2.05) is 6.92 Å². The van der Waals surface area contributed by atoms with E-state index >= 15 is 0 Å². The van der Waals surface area contributed by atoms with E-state index in [0.29, 0.717) is 30.8 Å². The lowest BCUT2D eigenvalue weighted by Gasteiger charge is -2.31. The van der Waals surface area contributed by atoms with Gasteiger partial charge < -0.3 is 68.7 Å².